The zero-order chi connectivity index (χ0) is 26.4. The predicted molar refractivity (Wildman–Crippen MR) is 142 cm³/mol. The second-order valence-electron chi connectivity index (χ2n) is 9.26. The average Bonchev–Trinajstić information content (AvgIpc) is 3.55. The van der Waals surface area contributed by atoms with Crippen LogP contribution < -0.4 is 19.7 Å². The summed E-state index contributed by atoms with van der Waals surface area (Å²) in [7, 11) is 1.57. The highest BCUT2D eigenvalue weighted by Gasteiger charge is 2.25. The molecule has 0 radical (unpaired) electrons. The number of methoxy groups -OCH3 is 1. The maximum atomic E-state index is 13.4. The fourth-order valence-corrected chi connectivity index (χ4v) is 5.99. The molecular formula is C26H31N5O5S. The standard InChI is InChI=1S/C26H31N5O5S/c1-36-15-7-14-30-25(33)23(37-26(30)20(18-27)24(32)29-12-5-6-13-29)17-19-8-9-21(22(16-19)31(34)35)28-10-3-2-4-11-28/h8-9,16-17H,2-7,10-15H2,1H3. The molecule has 10 nitrogen and oxygen atoms in total. The Bertz CT molecular complexity index is 1380. The molecule has 4 rings (SSSR count). The van der Waals surface area contributed by atoms with Crippen molar-refractivity contribution in [2.24, 2.45) is 0 Å². The number of thiazole rings is 1. The minimum atomic E-state index is -0.388. The number of ether oxygens (including phenoxy) is 1. The Kier molecular flexibility index (Phi) is 8.74. The maximum Gasteiger partial charge on any atom is 0.293 e. The van der Waals surface area contributed by atoms with E-state index in [0.717, 1.165) is 56.5 Å². The zero-order valence-corrected chi connectivity index (χ0v) is 21.8. The largest absolute Gasteiger partial charge is 0.385 e. The van der Waals surface area contributed by atoms with Crippen LogP contribution in [-0.2, 0) is 16.1 Å². The molecule has 2 fully saturated rings. The number of nitro groups is 1. The number of amides is 1. The minimum absolute atomic E-state index is 0.00124. The number of piperidine rings is 1. The highest BCUT2D eigenvalue weighted by Crippen LogP contribution is 2.31. The van der Waals surface area contributed by atoms with Gasteiger partial charge in [-0.2, -0.15) is 5.26 Å². The monoisotopic (exact) mass is 525 g/mol. The normalized spacial score (nSPS) is 17.1. The lowest BCUT2D eigenvalue weighted by molar-refractivity contribution is -0.384. The minimum Gasteiger partial charge on any atom is -0.385 e. The van der Waals surface area contributed by atoms with E-state index in [4.69, 9.17) is 4.74 Å². The van der Waals surface area contributed by atoms with E-state index < -0.39 is 0 Å². The number of nitro benzene ring substituents is 1. The third kappa shape index (κ3) is 5.92. The number of aromatic nitrogens is 1. The van der Waals surface area contributed by atoms with Crippen LogP contribution in [0.1, 0.15) is 44.1 Å². The van der Waals surface area contributed by atoms with Crippen molar-refractivity contribution in [3.8, 4) is 6.07 Å². The Morgan fingerprint density at radius 2 is 1.89 bits per heavy atom. The molecule has 2 aliphatic rings. The number of anilines is 1. The zero-order valence-electron chi connectivity index (χ0n) is 21.0. The second-order valence-corrected chi connectivity index (χ2v) is 10.3. The van der Waals surface area contributed by atoms with Crippen LogP contribution in [-0.4, -0.2) is 60.2 Å². The van der Waals surface area contributed by atoms with Gasteiger partial charge in [0.05, 0.1) is 9.46 Å². The number of rotatable bonds is 8. The van der Waals surface area contributed by atoms with Crippen molar-refractivity contribution in [1.82, 2.24) is 9.47 Å². The van der Waals surface area contributed by atoms with Crippen LogP contribution in [0.4, 0.5) is 11.4 Å². The van der Waals surface area contributed by atoms with Crippen molar-refractivity contribution in [2.75, 3.05) is 44.8 Å². The van der Waals surface area contributed by atoms with Crippen LogP contribution in [0.2, 0.25) is 0 Å². The van der Waals surface area contributed by atoms with Crippen molar-refractivity contribution in [3.05, 3.63) is 53.4 Å². The first-order valence-corrected chi connectivity index (χ1v) is 13.4. The smallest absolute Gasteiger partial charge is 0.293 e. The first-order valence-electron chi connectivity index (χ1n) is 12.6. The van der Waals surface area contributed by atoms with Crippen molar-refractivity contribution < 1.29 is 14.5 Å². The summed E-state index contributed by atoms with van der Waals surface area (Å²) < 4.78 is 7.21. The first-order chi connectivity index (χ1) is 17.9. The summed E-state index contributed by atoms with van der Waals surface area (Å²) in [6.45, 7) is 3.46. The van der Waals surface area contributed by atoms with Crippen molar-refractivity contribution in [2.45, 2.75) is 45.1 Å². The van der Waals surface area contributed by atoms with Gasteiger partial charge in [-0.05, 0) is 56.2 Å². The van der Waals surface area contributed by atoms with E-state index in [1.165, 1.54) is 10.6 Å². The van der Waals surface area contributed by atoms with Crippen LogP contribution in [0.5, 0.6) is 0 Å². The average molecular weight is 526 g/mol. The molecule has 0 spiro atoms. The molecular weight excluding hydrogens is 494 g/mol. The number of nitrogens with zero attached hydrogens (tertiary/aromatic N) is 5. The summed E-state index contributed by atoms with van der Waals surface area (Å²) in [5.74, 6) is -0.366. The third-order valence-electron chi connectivity index (χ3n) is 6.76. The molecule has 37 heavy (non-hydrogen) atoms. The summed E-state index contributed by atoms with van der Waals surface area (Å²) in [4.78, 5) is 41.7. The first kappa shape index (κ1) is 26.6. The molecule has 1 aromatic carbocycles. The number of carbonyl (C=O) groups is 1. The van der Waals surface area contributed by atoms with Crippen LogP contribution >= 0.6 is 11.3 Å². The molecule has 0 N–H and O–H groups in total. The van der Waals surface area contributed by atoms with E-state index in [-0.39, 0.29) is 27.7 Å². The van der Waals surface area contributed by atoms with Crippen molar-refractivity contribution in [3.63, 3.8) is 0 Å². The summed E-state index contributed by atoms with van der Waals surface area (Å²) in [6.07, 6.45) is 7.04. The molecule has 1 aromatic heterocycles. The van der Waals surface area contributed by atoms with Gasteiger partial charge >= 0.3 is 0 Å². The number of carbonyl (C=O) groups excluding carboxylic acids is 1. The van der Waals surface area contributed by atoms with Gasteiger partial charge in [0.1, 0.15) is 16.4 Å². The molecule has 11 heteroatoms. The van der Waals surface area contributed by atoms with Gasteiger partial charge in [-0.1, -0.05) is 6.07 Å². The molecule has 1 amide bonds. The Morgan fingerprint density at radius 1 is 1.19 bits per heavy atom. The lowest BCUT2D eigenvalue weighted by Crippen LogP contribution is -2.36. The van der Waals surface area contributed by atoms with Gasteiger partial charge in [0.25, 0.3) is 17.2 Å². The van der Waals surface area contributed by atoms with Gasteiger partial charge in [-0.25, -0.2) is 0 Å². The van der Waals surface area contributed by atoms with Crippen LogP contribution in [0.25, 0.3) is 11.6 Å². The Balaban J connectivity index is 1.82. The molecule has 2 aromatic rings. The number of nitriles is 1. The van der Waals surface area contributed by atoms with Crippen LogP contribution in [0.15, 0.2) is 23.0 Å². The molecule has 3 heterocycles. The number of hydrogen-bond acceptors (Lipinski definition) is 8. The summed E-state index contributed by atoms with van der Waals surface area (Å²) in [5, 5.41) is 21.8. The number of benzene rings is 1. The van der Waals surface area contributed by atoms with Gasteiger partial charge in [0, 0.05) is 52.5 Å². The lowest BCUT2D eigenvalue weighted by Gasteiger charge is -2.28. The van der Waals surface area contributed by atoms with Crippen LogP contribution in [0.3, 0.4) is 0 Å². The van der Waals surface area contributed by atoms with E-state index in [1.54, 1.807) is 30.2 Å². The fourth-order valence-electron chi connectivity index (χ4n) is 4.87. The molecule has 0 atom stereocenters. The molecule has 0 aliphatic carbocycles. The van der Waals surface area contributed by atoms with Crippen molar-refractivity contribution >= 4 is 40.3 Å². The van der Waals surface area contributed by atoms with E-state index in [9.17, 15) is 25.0 Å². The topological polar surface area (TPSA) is 122 Å². The van der Waals surface area contributed by atoms with Gasteiger partial charge in [-0.3, -0.25) is 24.3 Å². The van der Waals surface area contributed by atoms with E-state index in [0.29, 0.717) is 53.1 Å². The highest BCUT2D eigenvalue weighted by molar-refractivity contribution is 7.07. The predicted octanol–water partition coefficient (Wildman–Crippen LogP) is 1.97. The third-order valence-corrected chi connectivity index (χ3v) is 7.89. The fraction of sp³-hybridized carbons (Fsp3) is 0.500. The van der Waals surface area contributed by atoms with Gasteiger partial charge in [0.15, 0.2) is 5.57 Å². The molecule has 0 unspecified atom stereocenters. The highest BCUT2D eigenvalue weighted by atomic mass is 32.1. The number of likely N-dealkylation sites (tertiary alicyclic amines) is 1. The number of hydrogen-bond donors (Lipinski definition) is 0. The SMILES string of the molecule is COCCCn1c(=C(C#N)C(=O)N2CCCC2)sc(=Cc2ccc(N3CCCCC3)c([N+](=O)[O-])c2)c1=O. The van der Waals surface area contributed by atoms with Crippen LogP contribution in [0, 0.1) is 21.4 Å². The molecule has 196 valence electrons. The molecule has 2 aliphatic heterocycles. The molecule has 0 bridgehead atoms. The van der Waals surface area contributed by atoms with E-state index in [2.05, 4.69) is 0 Å². The maximum absolute atomic E-state index is 13.4. The van der Waals surface area contributed by atoms with E-state index in [1.807, 2.05) is 11.0 Å². The van der Waals surface area contributed by atoms with E-state index >= 15 is 0 Å². The lowest BCUT2D eigenvalue weighted by atomic mass is 10.1. The quantitative estimate of drug-likeness (QED) is 0.293. The van der Waals surface area contributed by atoms with Gasteiger partial charge in [0.2, 0.25) is 0 Å². The van der Waals surface area contributed by atoms with Crippen molar-refractivity contribution in [1.29, 1.82) is 5.26 Å². The summed E-state index contributed by atoms with van der Waals surface area (Å²) in [5.41, 5.74) is 0.724. The summed E-state index contributed by atoms with van der Waals surface area (Å²) >= 11 is 1.07. The second kappa shape index (κ2) is 12.2. The Labute approximate surface area is 218 Å². The molecule has 0 saturated carbocycles. The Morgan fingerprint density at radius 3 is 2.54 bits per heavy atom. The molecule has 2 saturated heterocycles. The van der Waals surface area contributed by atoms with Gasteiger partial charge < -0.3 is 14.5 Å². The Hall–Kier alpha value is -3.49. The summed E-state index contributed by atoms with van der Waals surface area (Å²) in [6, 6.07) is 7.04. The van der Waals surface area contributed by atoms with Gasteiger partial charge in [-0.15, -0.1) is 11.3 Å².